The number of carboxylic acids is 1. The molecule has 1 saturated heterocycles. The molecule has 6 heteroatoms. The maximum absolute atomic E-state index is 12.1. The van der Waals surface area contributed by atoms with Crippen LogP contribution < -0.4 is 0 Å². The number of amides is 1. The Bertz CT molecular complexity index is 517. The van der Waals surface area contributed by atoms with E-state index in [0.717, 1.165) is 23.7 Å². The van der Waals surface area contributed by atoms with Crippen molar-refractivity contribution in [3.05, 3.63) is 34.3 Å². The molecule has 0 saturated carbocycles. The lowest BCUT2D eigenvalue weighted by Gasteiger charge is -2.30. The van der Waals surface area contributed by atoms with Crippen molar-refractivity contribution in [2.45, 2.75) is 31.8 Å². The van der Waals surface area contributed by atoms with Gasteiger partial charge in [0.2, 0.25) is 5.91 Å². The van der Waals surface area contributed by atoms with Gasteiger partial charge in [0, 0.05) is 17.4 Å². The van der Waals surface area contributed by atoms with Crippen molar-refractivity contribution < 1.29 is 19.4 Å². The lowest BCUT2D eigenvalue weighted by molar-refractivity contribution is -0.159. The van der Waals surface area contributed by atoms with Gasteiger partial charge in [-0.05, 0) is 37.0 Å². The summed E-state index contributed by atoms with van der Waals surface area (Å²) in [7, 11) is 0. The maximum Gasteiger partial charge on any atom is 0.334 e. The highest BCUT2D eigenvalue weighted by atomic mass is 79.9. The summed E-state index contributed by atoms with van der Waals surface area (Å²) in [6, 6.07) is 8.18. The fourth-order valence-corrected chi connectivity index (χ4v) is 2.70. The Morgan fingerprint density at radius 1 is 1.27 bits per heavy atom. The SMILES string of the molecule is O=C(O)C1CN(C(=O)CCCCc2ccc(Br)cc2)CCO1. The second-order valence-corrected chi connectivity index (χ2v) is 6.29. The number of halogens is 1. The third-order valence-electron chi connectivity index (χ3n) is 3.71. The van der Waals surface area contributed by atoms with Gasteiger partial charge in [-0.3, -0.25) is 4.79 Å². The summed E-state index contributed by atoms with van der Waals surface area (Å²) in [5, 5.41) is 8.93. The van der Waals surface area contributed by atoms with E-state index in [9.17, 15) is 9.59 Å². The minimum absolute atomic E-state index is 0.0188. The first-order chi connectivity index (χ1) is 10.6. The number of carboxylic acid groups (broad SMARTS) is 1. The van der Waals surface area contributed by atoms with E-state index in [0.29, 0.717) is 19.6 Å². The first-order valence-corrected chi connectivity index (χ1v) is 8.22. The van der Waals surface area contributed by atoms with Crippen LogP contribution in [0.5, 0.6) is 0 Å². The minimum atomic E-state index is -1.01. The Morgan fingerprint density at radius 3 is 2.68 bits per heavy atom. The molecule has 1 N–H and O–H groups in total. The van der Waals surface area contributed by atoms with Crippen molar-refractivity contribution >= 4 is 27.8 Å². The monoisotopic (exact) mass is 369 g/mol. The largest absolute Gasteiger partial charge is 0.479 e. The number of morpholine rings is 1. The molecule has 1 unspecified atom stereocenters. The summed E-state index contributed by atoms with van der Waals surface area (Å²) in [6.45, 7) is 0.928. The van der Waals surface area contributed by atoms with Crippen LogP contribution in [-0.2, 0) is 20.7 Å². The lowest BCUT2D eigenvalue weighted by atomic mass is 10.1. The molecule has 0 bridgehead atoms. The molecule has 1 amide bonds. The minimum Gasteiger partial charge on any atom is -0.479 e. The zero-order valence-corrected chi connectivity index (χ0v) is 13.9. The molecule has 1 aliphatic heterocycles. The number of hydrogen-bond donors (Lipinski definition) is 1. The van der Waals surface area contributed by atoms with Gasteiger partial charge < -0.3 is 14.7 Å². The van der Waals surface area contributed by atoms with E-state index in [1.165, 1.54) is 5.56 Å². The van der Waals surface area contributed by atoms with Crippen molar-refractivity contribution in [1.29, 1.82) is 0 Å². The number of aryl methyl sites for hydroxylation is 1. The van der Waals surface area contributed by atoms with Gasteiger partial charge >= 0.3 is 5.97 Å². The molecule has 0 aliphatic carbocycles. The Balaban J connectivity index is 1.69. The molecule has 0 radical (unpaired) electrons. The molecular weight excluding hydrogens is 350 g/mol. The summed E-state index contributed by atoms with van der Waals surface area (Å²) in [5.41, 5.74) is 1.26. The second-order valence-electron chi connectivity index (χ2n) is 5.37. The highest BCUT2D eigenvalue weighted by Crippen LogP contribution is 2.14. The number of unbranched alkanes of at least 4 members (excludes halogenated alkanes) is 1. The van der Waals surface area contributed by atoms with Crippen molar-refractivity contribution in [2.24, 2.45) is 0 Å². The van der Waals surface area contributed by atoms with Gasteiger partial charge in [-0.1, -0.05) is 28.1 Å². The highest BCUT2D eigenvalue weighted by molar-refractivity contribution is 9.10. The van der Waals surface area contributed by atoms with Crippen molar-refractivity contribution in [1.82, 2.24) is 4.90 Å². The molecule has 1 aromatic carbocycles. The number of nitrogens with zero attached hydrogens (tertiary/aromatic N) is 1. The van der Waals surface area contributed by atoms with Crippen LogP contribution in [0.2, 0.25) is 0 Å². The Labute approximate surface area is 138 Å². The number of carbonyl (C=O) groups excluding carboxylic acids is 1. The van der Waals surface area contributed by atoms with Crippen LogP contribution in [0.15, 0.2) is 28.7 Å². The van der Waals surface area contributed by atoms with E-state index in [2.05, 4.69) is 28.1 Å². The van der Waals surface area contributed by atoms with Crippen LogP contribution in [0.4, 0.5) is 0 Å². The van der Waals surface area contributed by atoms with E-state index in [1.807, 2.05) is 12.1 Å². The van der Waals surface area contributed by atoms with E-state index >= 15 is 0 Å². The normalized spacial score (nSPS) is 18.2. The molecule has 1 atom stereocenters. The summed E-state index contributed by atoms with van der Waals surface area (Å²) in [5.74, 6) is -0.988. The van der Waals surface area contributed by atoms with Gasteiger partial charge in [-0.2, -0.15) is 0 Å². The van der Waals surface area contributed by atoms with Crippen LogP contribution in [0.1, 0.15) is 24.8 Å². The number of hydrogen-bond acceptors (Lipinski definition) is 3. The van der Waals surface area contributed by atoms with Crippen LogP contribution >= 0.6 is 15.9 Å². The third-order valence-corrected chi connectivity index (χ3v) is 4.24. The average molecular weight is 370 g/mol. The van der Waals surface area contributed by atoms with Crippen molar-refractivity contribution in [2.75, 3.05) is 19.7 Å². The number of carbonyl (C=O) groups is 2. The predicted molar refractivity (Wildman–Crippen MR) is 85.7 cm³/mol. The fraction of sp³-hybridized carbons (Fsp3) is 0.500. The number of rotatable bonds is 6. The van der Waals surface area contributed by atoms with Crippen molar-refractivity contribution in [3.8, 4) is 0 Å². The maximum atomic E-state index is 12.1. The molecule has 1 heterocycles. The number of ether oxygens (including phenoxy) is 1. The second kappa shape index (κ2) is 8.29. The lowest BCUT2D eigenvalue weighted by Crippen LogP contribution is -2.48. The van der Waals surface area contributed by atoms with Gasteiger partial charge in [0.1, 0.15) is 0 Å². The zero-order valence-electron chi connectivity index (χ0n) is 12.3. The van der Waals surface area contributed by atoms with Crippen molar-refractivity contribution in [3.63, 3.8) is 0 Å². The quantitative estimate of drug-likeness (QED) is 0.782. The summed E-state index contributed by atoms with van der Waals surface area (Å²) in [6.07, 6.45) is 2.27. The molecule has 2 rings (SSSR count). The molecule has 1 fully saturated rings. The highest BCUT2D eigenvalue weighted by Gasteiger charge is 2.28. The Hall–Kier alpha value is -1.40. The van der Waals surface area contributed by atoms with Gasteiger partial charge in [0.05, 0.1) is 13.2 Å². The fourth-order valence-electron chi connectivity index (χ4n) is 2.44. The first kappa shape index (κ1) is 17.0. The first-order valence-electron chi connectivity index (χ1n) is 7.43. The van der Waals surface area contributed by atoms with E-state index in [4.69, 9.17) is 9.84 Å². The number of benzene rings is 1. The van der Waals surface area contributed by atoms with Gasteiger partial charge in [-0.25, -0.2) is 4.79 Å². The molecule has 0 aromatic heterocycles. The van der Waals surface area contributed by atoms with Crippen LogP contribution in [0.25, 0.3) is 0 Å². The summed E-state index contributed by atoms with van der Waals surface area (Å²) < 4.78 is 6.18. The molecule has 1 aromatic rings. The average Bonchev–Trinajstić information content (AvgIpc) is 2.53. The van der Waals surface area contributed by atoms with E-state index < -0.39 is 12.1 Å². The van der Waals surface area contributed by atoms with E-state index in [-0.39, 0.29) is 12.5 Å². The smallest absolute Gasteiger partial charge is 0.334 e. The third kappa shape index (κ3) is 5.10. The van der Waals surface area contributed by atoms with Crippen LogP contribution in [0, 0.1) is 0 Å². The number of aliphatic carboxylic acids is 1. The molecule has 1 aliphatic rings. The molecule has 5 nitrogen and oxygen atoms in total. The Kier molecular flexibility index (Phi) is 6.39. The Morgan fingerprint density at radius 2 is 2.00 bits per heavy atom. The standard InChI is InChI=1S/C16H20BrNO4/c17-13-7-5-12(6-8-13)3-1-2-4-15(19)18-9-10-22-14(11-18)16(20)21/h5-8,14H,1-4,9-11H2,(H,20,21). The van der Waals surface area contributed by atoms with Crippen LogP contribution in [-0.4, -0.2) is 47.7 Å². The van der Waals surface area contributed by atoms with Gasteiger partial charge in [0.15, 0.2) is 6.10 Å². The molecule has 120 valence electrons. The van der Waals surface area contributed by atoms with Gasteiger partial charge in [0.25, 0.3) is 0 Å². The molecule has 22 heavy (non-hydrogen) atoms. The topological polar surface area (TPSA) is 66.8 Å². The molecule has 0 spiro atoms. The van der Waals surface area contributed by atoms with E-state index in [1.54, 1.807) is 4.90 Å². The summed E-state index contributed by atoms with van der Waals surface area (Å²) in [4.78, 5) is 24.6. The van der Waals surface area contributed by atoms with Gasteiger partial charge in [-0.15, -0.1) is 0 Å². The predicted octanol–water partition coefficient (Wildman–Crippen LogP) is 2.47. The summed E-state index contributed by atoms with van der Waals surface area (Å²) >= 11 is 3.40. The van der Waals surface area contributed by atoms with Crippen LogP contribution in [0.3, 0.4) is 0 Å². The molecular formula is C16H20BrNO4. The zero-order chi connectivity index (χ0) is 15.9.